The quantitative estimate of drug-likeness (QED) is 0.368. The predicted molar refractivity (Wildman–Crippen MR) is 115 cm³/mol. The van der Waals surface area contributed by atoms with E-state index in [1.165, 1.54) is 32.4 Å². The monoisotopic (exact) mass is 406 g/mol. The van der Waals surface area contributed by atoms with E-state index >= 15 is 0 Å². The number of hydrogen-bond acceptors (Lipinski definition) is 6. The number of phenolic OH excluding ortho intramolecular Hbond substituents is 1. The van der Waals surface area contributed by atoms with Gasteiger partial charge in [0.2, 0.25) is 0 Å². The van der Waals surface area contributed by atoms with E-state index in [4.69, 9.17) is 20.6 Å². The molecule has 0 aliphatic heterocycles. The van der Waals surface area contributed by atoms with E-state index in [1.54, 1.807) is 42.5 Å². The fourth-order valence-corrected chi connectivity index (χ4v) is 2.49. The van der Waals surface area contributed by atoms with Crippen LogP contribution in [0.3, 0.4) is 0 Å². The summed E-state index contributed by atoms with van der Waals surface area (Å²) in [5.74, 6) is 3.01. The lowest BCUT2D eigenvalue weighted by molar-refractivity contribution is -0.121. The number of benzene rings is 2. The zero-order valence-corrected chi connectivity index (χ0v) is 16.8. The molecule has 0 unspecified atom stereocenters. The fraction of sp³-hybridized carbons (Fsp3) is 0.167. The third kappa shape index (κ3) is 6.57. The van der Waals surface area contributed by atoms with Crippen molar-refractivity contribution in [3.8, 4) is 35.3 Å². The summed E-state index contributed by atoms with van der Waals surface area (Å²) in [7, 11) is 2.94. The molecule has 0 saturated carbocycles. The average Bonchev–Trinajstić information content (AvgIpc) is 2.75. The van der Waals surface area contributed by atoms with Crippen LogP contribution in [0.5, 0.6) is 23.0 Å². The molecule has 30 heavy (non-hydrogen) atoms. The molecule has 6 heteroatoms. The first kappa shape index (κ1) is 22.3. The van der Waals surface area contributed by atoms with Gasteiger partial charge in [-0.1, -0.05) is 30.2 Å². The Morgan fingerprint density at radius 3 is 2.07 bits per heavy atom. The predicted octanol–water partition coefficient (Wildman–Crippen LogP) is 3.68. The highest BCUT2D eigenvalue weighted by Crippen LogP contribution is 2.28. The van der Waals surface area contributed by atoms with Crippen molar-refractivity contribution in [1.82, 2.24) is 0 Å². The molecular weight excluding hydrogens is 384 g/mol. The molecule has 0 aliphatic carbocycles. The van der Waals surface area contributed by atoms with Crippen LogP contribution < -0.4 is 14.2 Å². The van der Waals surface area contributed by atoms with Crippen LogP contribution in [0.2, 0.25) is 0 Å². The number of allylic oxidation sites excluding steroid dienone is 2. The van der Waals surface area contributed by atoms with Crippen LogP contribution in [-0.2, 0) is 9.59 Å². The molecule has 0 spiro atoms. The molecule has 0 fully saturated rings. The Kier molecular flexibility index (Phi) is 8.27. The van der Waals surface area contributed by atoms with Gasteiger partial charge in [-0.15, -0.1) is 6.42 Å². The van der Waals surface area contributed by atoms with E-state index in [9.17, 15) is 14.7 Å². The third-order valence-electron chi connectivity index (χ3n) is 3.97. The Bertz CT molecular complexity index is 1010. The topological polar surface area (TPSA) is 82.1 Å². The lowest BCUT2D eigenvalue weighted by Crippen LogP contribution is -2.02. The zero-order valence-electron chi connectivity index (χ0n) is 16.8. The van der Waals surface area contributed by atoms with Gasteiger partial charge in [-0.25, -0.2) is 0 Å². The number of hydrogen-bond donors (Lipinski definition) is 1. The molecule has 154 valence electrons. The normalized spacial score (nSPS) is 10.7. The highest BCUT2D eigenvalue weighted by molar-refractivity contribution is 6.10. The van der Waals surface area contributed by atoms with Gasteiger partial charge < -0.3 is 19.3 Å². The van der Waals surface area contributed by atoms with Gasteiger partial charge in [0, 0.05) is 0 Å². The Morgan fingerprint density at radius 2 is 1.50 bits per heavy atom. The zero-order chi connectivity index (χ0) is 21.9. The first-order chi connectivity index (χ1) is 14.5. The van der Waals surface area contributed by atoms with Crippen LogP contribution in [0.1, 0.15) is 17.5 Å². The van der Waals surface area contributed by atoms with Gasteiger partial charge in [-0.2, -0.15) is 0 Å². The van der Waals surface area contributed by atoms with Crippen molar-refractivity contribution in [2.24, 2.45) is 0 Å². The summed E-state index contributed by atoms with van der Waals surface area (Å²) in [6, 6.07) is 9.83. The SMILES string of the molecule is C#CCOc1ccc(C=CC(=O)CC(=O)C=Cc2ccc(O)c(OC)c2)cc1OC. The Morgan fingerprint density at radius 1 is 0.933 bits per heavy atom. The number of ether oxygens (including phenoxy) is 3. The number of carbonyl (C=O) groups excluding carboxylic acids is 2. The second-order valence-corrected chi connectivity index (χ2v) is 6.11. The number of methoxy groups -OCH3 is 2. The standard InChI is InChI=1S/C24H22O6/c1-4-13-30-22-12-8-18(15-24(22)29-3)6-10-20(26)16-19(25)9-5-17-7-11-21(27)23(14-17)28-2/h1,5-12,14-15,27H,13,16H2,2-3H3. The van der Waals surface area contributed by atoms with Crippen LogP contribution in [0.4, 0.5) is 0 Å². The van der Waals surface area contributed by atoms with E-state index in [-0.39, 0.29) is 30.3 Å². The minimum absolute atomic E-state index is 0.00793. The summed E-state index contributed by atoms with van der Waals surface area (Å²) in [5.41, 5.74) is 1.38. The molecular formula is C24H22O6. The van der Waals surface area contributed by atoms with Crippen LogP contribution in [0.25, 0.3) is 12.2 Å². The first-order valence-electron chi connectivity index (χ1n) is 9.00. The van der Waals surface area contributed by atoms with Crippen LogP contribution in [0.15, 0.2) is 48.6 Å². The number of rotatable bonds is 10. The van der Waals surface area contributed by atoms with Crippen molar-refractivity contribution in [2.75, 3.05) is 20.8 Å². The number of ketones is 2. The minimum atomic E-state index is -0.340. The molecule has 0 amide bonds. The molecule has 0 aromatic heterocycles. The van der Waals surface area contributed by atoms with E-state index in [2.05, 4.69) is 5.92 Å². The highest BCUT2D eigenvalue weighted by atomic mass is 16.5. The van der Waals surface area contributed by atoms with Gasteiger partial charge in [0.05, 0.1) is 20.6 Å². The largest absolute Gasteiger partial charge is 0.504 e. The summed E-state index contributed by atoms with van der Waals surface area (Å²) in [5, 5.41) is 9.58. The number of terminal acetylenes is 1. The molecule has 0 atom stereocenters. The number of aromatic hydroxyl groups is 1. The minimum Gasteiger partial charge on any atom is -0.504 e. The Labute approximate surface area is 175 Å². The maximum absolute atomic E-state index is 12.1. The van der Waals surface area contributed by atoms with Gasteiger partial charge in [0.1, 0.15) is 6.61 Å². The molecule has 0 aliphatic rings. The summed E-state index contributed by atoms with van der Waals surface area (Å²) in [6.45, 7) is 0.122. The molecule has 6 nitrogen and oxygen atoms in total. The van der Waals surface area contributed by atoms with Crippen LogP contribution in [-0.4, -0.2) is 37.5 Å². The van der Waals surface area contributed by atoms with Crippen molar-refractivity contribution in [3.63, 3.8) is 0 Å². The van der Waals surface area contributed by atoms with E-state index in [1.807, 2.05) is 0 Å². The molecule has 2 rings (SSSR count). The van der Waals surface area contributed by atoms with Crippen LogP contribution >= 0.6 is 0 Å². The maximum atomic E-state index is 12.1. The molecule has 0 heterocycles. The lowest BCUT2D eigenvalue weighted by Gasteiger charge is -2.09. The van der Waals surface area contributed by atoms with E-state index in [0.29, 0.717) is 28.4 Å². The van der Waals surface area contributed by atoms with Gasteiger partial charge in [-0.05, 0) is 47.5 Å². The number of carbonyl (C=O) groups is 2. The average molecular weight is 406 g/mol. The van der Waals surface area contributed by atoms with Gasteiger partial charge >= 0.3 is 0 Å². The molecule has 0 bridgehead atoms. The van der Waals surface area contributed by atoms with Gasteiger partial charge in [0.15, 0.2) is 34.6 Å². The smallest absolute Gasteiger partial charge is 0.163 e. The molecule has 2 aromatic rings. The van der Waals surface area contributed by atoms with Crippen molar-refractivity contribution >= 4 is 23.7 Å². The highest BCUT2D eigenvalue weighted by Gasteiger charge is 2.07. The number of phenols is 1. The fourth-order valence-electron chi connectivity index (χ4n) is 2.49. The summed E-state index contributed by atoms with van der Waals surface area (Å²) in [6.07, 6.45) is 10.7. The van der Waals surface area contributed by atoms with E-state index in [0.717, 1.165) is 0 Å². The van der Waals surface area contributed by atoms with Gasteiger partial charge in [-0.3, -0.25) is 9.59 Å². The second kappa shape index (κ2) is 11.1. The molecule has 0 saturated heterocycles. The third-order valence-corrected chi connectivity index (χ3v) is 3.97. The Hall–Kier alpha value is -3.98. The summed E-state index contributed by atoms with van der Waals surface area (Å²) >= 11 is 0. The van der Waals surface area contributed by atoms with E-state index < -0.39 is 0 Å². The summed E-state index contributed by atoms with van der Waals surface area (Å²) in [4.78, 5) is 24.1. The second-order valence-electron chi connectivity index (χ2n) is 6.11. The summed E-state index contributed by atoms with van der Waals surface area (Å²) < 4.78 is 15.6. The maximum Gasteiger partial charge on any atom is 0.163 e. The van der Waals surface area contributed by atoms with Crippen molar-refractivity contribution in [2.45, 2.75) is 6.42 Å². The first-order valence-corrected chi connectivity index (χ1v) is 9.00. The van der Waals surface area contributed by atoms with Gasteiger partial charge in [0.25, 0.3) is 0 Å². The molecule has 2 aromatic carbocycles. The molecule has 1 N–H and O–H groups in total. The Balaban J connectivity index is 1.97. The lowest BCUT2D eigenvalue weighted by atomic mass is 10.1. The molecule has 0 radical (unpaired) electrons. The van der Waals surface area contributed by atoms with Crippen molar-refractivity contribution < 1.29 is 28.9 Å². The van der Waals surface area contributed by atoms with Crippen molar-refractivity contribution in [1.29, 1.82) is 0 Å². The van der Waals surface area contributed by atoms with Crippen molar-refractivity contribution in [3.05, 3.63) is 59.7 Å². The van der Waals surface area contributed by atoms with Crippen LogP contribution in [0, 0.1) is 12.3 Å².